The summed E-state index contributed by atoms with van der Waals surface area (Å²) < 4.78 is 39.6. The van der Waals surface area contributed by atoms with E-state index in [1.807, 2.05) is 0 Å². The summed E-state index contributed by atoms with van der Waals surface area (Å²) in [6.45, 7) is 4.49. The number of hydrogen-bond acceptors (Lipinski definition) is 3. The molecule has 2 N–H and O–H groups in total. The summed E-state index contributed by atoms with van der Waals surface area (Å²) in [5.41, 5.74) is -0.0390. The first kappa shape index (κ1) is 15.6. The molecule has 0 unspecified atom stereocenters. The maximum absolute atomic E-state index is 13.4. The maximum Gasteiger partial charge on any atom is 0.322 e. The van der Waals surface area contributed by atoms with E-state index in [-0.39, 0.29) is 10.5 Å². The van der Waals surface area contributed by atoms with Crippen LogP contribution < -0.4 is 4.72 Å². The Balaban J connectivity index is 3.18. The number of carbonyl (C=O) groups is 1. The number of carboxylic acids is 1. The molecular weight excluding hydrogens is 273 g/mol. The van der Waals surface area contributed by atoms with Crippen molar-refractivity contribution in [2.45, 2.75) is 31.7 Å². The van der Waals surface area contributed by atoms with Crippen LogP contribution in [0.2, 0.25) is 0 Å². The highest BCUT2D eigenvalue weighted by atomic mass is 32.2. The Morgan fingerprint density at radius 3 is 2.42 bits per heavy atom. The molecular formula is C12H16FNO4S. The lowest BCUT2D eigenvalue weighted by Crippen LogP contribution is -2.44. The van der Waals surface area contributed by atoms with E-state index in [4.69, 9.17) is 5.11 Å². The van der Waals surface area contributed by atoms with Gasteiger partial charge in [-0.05, 0) is 25.0 Å². The number of hydrogen-bond donors (Lipinski definition) is 2. The molecule has 1 rings (SSSR count). The molecule has 0 aliphatic rings. The van der Waals surface area contributed by atoms with Crippen molar-refractivity contribution in [3.8, 4) is 0 Å². The second-order valence-electron chi connectivity index (χ2n) is 4.54. The molecule has 1 atom stereocenters. The largest absolute Gasteiger partial charge is 0.480 e. The number of benzene rings is 1. The second kappa shape index (κ2) is 5.66. The van der Waals surface area contributed by atoms with E-state index in [9.17, 15) is 17.6 Å². The average molecular weight is 289 g/mol. The minimum atomic E-state index is -4.07. The molecule has 7 heteroatoms. The molecule has 0 aliphatic heterocycles. The normalized spacial score (nSPS) is 13.5. The number of halogens is 1. The lowest BCUT2D eigenvalue weighted by atomic mass is 10.1. The van der Waals surface area contributed by atoms with Crippen LogP contribution in [-0.2, 0) is 14.8 Å². The summed E-state index contributed by atoms with van der Waals surface area (Å²) in [7, 11) is -4.07. The number of aliphatic carboxylic acids is 1. The smallest absolute Gasteiger partial charge is 0.322 e. The van der Waals surface area contributed by atoms with Gasteiger partial charge in [-0.1, -0.05) is 19.9 Å². The first-order valence-electron chi connectivity index (χ1n) is 5.67. The van der Waals surface area contributed by atoms with Crippen molar-refractivity contribution in [1.29, 1.82) is 0 Å². The zero-order chi connectivity index (χ0) is 14.8. The quantitative estimate of drug-likeness (QED) is 0.861. The SMILES string of the molecule is Cc1c(F)cccc1S(=O)(=O)N[C@@H](C(=O)O)C(C)C. The van der Waals surface area contributed by atoms with Crippen LogP contribution in [-0.4, -0.2) is 25.5 Å². The fraction of sp³-hybridized carbons (Fsp3) is 0.417. The van der Waals surface area contributed by atoms with E-state index in [0.717, 1.165) is 6.07 Å². The zero-order valence-electron chi connectivity index (χ0n) is 10.8. The van der Waals surface area contributed by atoms with Gasteiger partial charge in [0, 0.05) is 5.56 Å². The van der Waals surface area contributed by atoms with Gasteiger partial charge in [0.2, 0.25) is 10.0 Å². The van der Waals surface area contributed by atoms with Gasteiger partial charge in [0.05, 0.1) is 4.90 Å². The average Bonchev–Trinajstić information content (AvgIpc) is 2.28. The fourth-order valence-electron chi connectivity index (χ4n) is 1.58. The van der Waals surface area contributed by atoms with Gasteiger partial charge in [-0.2, -0.15) is 4.72 Å². The predicted molar refractivity (Wildman–Crippen MR) is 67.7 cm³/mol. The van der Waals surface area contributed by atoms with Crippen molar-refractivity contribution in [2.75, 3.05) is 0 Å². The molecule has 19 heavy (non-hydrogen) atoms. The van der Waals surface area contributed by atoms with Crippen LogP contribution in [0.3, 0.4) is 0 Å². The molecule has 0 saturated heterocycles. The molecule has 106 valence electrons. The van der Waals surface area contributed by atoms with Crippen LogP contribution in [0.4, 0.5) is 4.39 Å². The molecule has 0 spiro atoms. The standard InChI is InChI=1S/C12H16FNO4S/c1-7(2)11(12(15)16)14-19(17,18)10-6-4-5-9(13)8(10)3/h4-7,11,14H,1-3H3,(H,15,16)/t11-/m1/s1. The van der Waals surface area contributed by atoms with E-state index < -0.39 is 33.8 Å². The Bertz CT molecular complexity index is 583. The van der Waals surface area contributed by atoms with Gasteiger partial charge in [-0.15, -0.1) is 0 Å². The van der Waals surface area contributed by atoms with Gasteiger partial charge in [0.25, 0.3) is 0 Å². The van der Waals surface area contributed by atoms with Crippen LogP contribution in [0.25, 0.3) is 0 Å². The topological polar surface area (TPSA) is 83.5 Å². The highest BCUT2D eigenvalue weighted by molar-refractivity contribution is 7.89. The molecule has 0 aromatic heterocycles. The number of rotatable bonds is 5. The monoisotopic (exact) mass is 289 g/mol. The molecule has 0 heterocycles. The van der Waals surface area contributed by atoms with Crippen LogP contribution in [0.5, 0.6) is 0 Å². The van der Waals surface area contributed by atoms with Crippen molar-refractivity contribution in [3.63, 3.8) is 0 Å². The van der Waals surface area contributed by atoms with E-state index in [1.54, 1.807) is 13.8 Å². The number of sulfonamides is 1. The first-order chi connectivity index (χ1) is 8.66. The van der Waals surface area contributed by atoms with Gasteiger partial charge >= 0.3 is 5.97 Å². The number of carboxylic acid groups (broad SMARTS) is 1. The van der Waals surface area contributed by atoms with Gasteiger partial charge in [0.15, 0.2) is 0 Å². The first-order valence-corrected chi connectivity index (χ1v) is 7.15. The summed E-state index contributed by atoms with van der Waals surface area (Å²) in [5.74, 6) is -2.35. The maximum atomic E-state index is 13.4. The van der Waals surface area contributed by atoms with Gasteiger partial charge in [0.1, 0.15) is 11.9 Å². The summed E-state index contributed by atoms with van der Waals surface area (Å²) in [6.07, 6.45) is 0. The van der Waals surface area contributed by atoms with Gasteiger partial charge in [-0.25, -0.2) is 12.8 Å². The van der Waals surface area contributed by atoms with E-state index >= 15 is 0 Å². The highest BCUT2D eigenvalue weighted by Gasteiger charge is 2.29. The molecule has 1 aromatic rings. The van der Waals surface area contributed by atoms with Crippen LogP contribution in [0.15, 0.2) is 23.1 Å². The van der Waals surface area contributed by atoms with E-state index in [0.29, 0.717) is 0 Å². The molecule has 0 aliphatic carbocycles. The summed E-state index contributed by atoms with van der Waals surface area (Å²) in [5, 5.41) is 8.98. The fourth-order valence-corrected chi connectivity index (χ4v) is 3.17. The van der Waals surface area contributed by atoms with Gasteiger partial charge in [-0.3, -0.25) is 4.79 Å². The molecule has 1 aromatic carbocycles. The third kappa shape index (κ3) is 3.51. The molecule has 0 radical (unpaired) electrons. The lowest BCUT2D eigenvalue weighted by molar-refractivity contribution is -0.140. The molecule has 0 amide bonds. The Morgan fingerprint density at radius 2 is 1.95 bits per heavy atom. The second-order valence-corrected chi connectivity index (χ2v) is 6.23. The molecule has 0 fully saturated rings. The molecule has 0 bridgehead atoms. The van der Waals surface area contributed by atoms with Crippen molar-refractivity contribution < 1.29 is 22.7 Å². The third-order valence-electron chi connectivity index (χ3n) is 2.72. The Morgan fingerprint density at radius 1 is 1.37 bits per heavy atom. The Hall–Kier alpha value is -1.47. The van der Waals surface area contributed by atoms with E-state index in [1.165, 1.54) is 19.1 Å². The summed E-state index contributed by atoms with van der Waals surface area (Å²) in [6, 6.07) is 2.39. The highest BCUT2D eigenvalue weighted by Crippen LogP contribution is 2.18. The zero-order valence-corrected chi connectivity index (χ0v) is 11.7. The van der Waals surface area contributed by atoms with Crippen LogP contribution in [0, 0.1) is 18.7 Å². The van der Waals surface area contributed by atoms with Crippen molar-refractivity contribution >= 4 is 16.0 Å². The van der Waals surface area contributed by atoms with Crippen molar-refractivity contribution in [3.05, 3.63) is 29.6 Å². The minimum Gasteiger partial charge on any atom is -0.480 e. The lowest BCUT2D eigenvalue weighted by Gasteiger charge is -2.18. The Labute approximate surface area is 111 Å². The molecule has 0 saturated carbocycles. The molecule has 5 nitrogen and oxygen atoms in total. The van der Waals surface area contributed by atoms with Gasteiger partial charge < -0.3 is 5.11 Å². The van der Waals surface area contributed by atoms with Crippen LogP contribution >= 0.6 is 0 Å². The minimum absolute atomic E-state index is 0.0390. The Kier molecular flexibility index (Phi) is 4.65. The van der Waals surface area contributed by atoms with Crippen molar-refractivity contribution in [2.24, 2.45) is 5.92 Å². The van der Waals surface area contributed by atoms with Crippen LogP contribution in [0.1, 0.15) is 19.4 Å². The summed E-state index contributed by atoms with van der Waals surface area (Å²) in [4.78, 5) is 10.8. The third-order valence-corrected chi connectivity index (χ3v) is 4.31. The van der Waals surface area contributed by atoms with Crippen molar-refractivity contribution in [1.82, 2.24) is 4.72 Å². The predicted octanol–water partition coefficient (Wildman–Crippen LogP) is 1.52. The van der Waals surface area contributed by atoms with E-state index in [2.05, 4.69) is 4.72 Å². The summed E-state index contributed by atoms with van der Waals surface area (Å²) >= 11 is 0. The number of nitrogens with one attached hydrogen (secondary N) is 1.